The van der Waals surface area contributed by atoms with Crippen LogP contribution in [0.5, 0.6) is 0 Å². The maximum atomic E-state index is 12.5. The molecule has 0 aliphatic heterocycles. The maximum Gasteiger partial charge on any atom is 0.416 e. The number of esters is 1. The highest BCUT2D eigenvalue weighted by atomic mass is 19.4. The van der Waals surface area contributed by atoms with E-state index in [-0.39, 0.29) is 11.3 Å². The molecule has 0 aliphatic rings. The zero-order valence-electron chi connectivity index (χ0n) is 12.3. The highest BCUT2D eigenvalue weighted by Crippen LogP contribution is 2.30. The van der Waals surface area contributed by atoms with Gasteiger partial charge in [0.05, 0.1) is 18.4 Å². The molecule has 1 aromatic heterocycles. The van der Waals surface area contributed by atoms with Gasteiger partial charge in [-0.05, 0) is 30.3 Å². The van der Waals surface area contributed by atoms with Crippen LogP contribution in [0.3, 0.4) is 0 Å². The first-order valence-corrected chi connectivity index (χ1v) is 6.46. The molecule has 0 unspecified atom stereocenters. The number of methoxy groups -OCH3 is 1. The number of carbonyl (C=O) groups excluding carboxylic acids is 1. The number of rotatable bonds is 3. The van der Waals surface area contributed by atoms with Crippen molar-refractivity contribution in [1.29, 1.82) is 0 Å². The monoisotopic (exact) mass is 326 g/mol. The van der Waals surface area contributed by atoms with E-state index < -0.39 is 23.3 Å². The zero-order valence-corrected chi connectivity index (χ0v) is 12.3. The van der Waals surface area contributed by atoms with Crippen molar-refractivity contribution in [2.24, 2.45) is 7.05 Å². The van der Waals surface area contributed by atoms with Crippen molar-refractivity contribution in [2.75, 3.05) is 12.4 Å². The number of hydrogen-bond acceptors (Lipinski definition) is 4. The van der Waals surface area contributed by atoms with Crippen molar-refractivity contribution in [3.63, 3.8) is 0 Å². The van der Waals surface area contributed by atoms with E-state index in [1.807, 2.05) is 0 Å². The van der Waals surface area contributed by atoms with Gasteiger partial charge < -0.3 is 14.6 Å². The van der Waals surface area contributed by atoms with Gasteiger partial charge in [-0.3, -0.25) is 4.79 Å². The summed E-state index contributed by atoms with van der Waals surface area (Å²) in [6.45, 7) is 0. The van der Waals surface area contributed by atoms with Gasteiger partial charge in [-0.2, -0.15) is 13.2 Å². The number of anilines is 2. The number of aromatic nitrogens is 1. The van der Waals surface area contributed by atoms with Crippen molar-refractivity contribution >= 4 is 17.3 Å². The second-order valence-corrected chi connectivity index (χ2v) is 4.71. The second kappa shape index (κ2) is 6.15. The quantitative estimate of drug-likeness (QED) is 0.881. The smallest absolute Gasteiger partial charge is 0.416 e. The van der Waals surface area contributed by atoms with Gasteiger partial charge in [0.15, 0.2) is 0 Å². The molecule has 0 spiro atoms. The SMILES string of the molecule is COC(=O)c1c(Nc2ccc(C(F)(F)F)cc2)ccn(C)c1=O. The Bertz CT molecular complexity index is 780. The molecule has 5 nitrogen and oxygen atoms in total. The predicted octanol–water partition coefficient (Wildman–Crippen LogP) is 2.93. The number of nitrogens with one attached hydrogen (secondary N) is 1. The summed E-state index contributed by atoms with van der Waals surface area (Å²) >= 11 is 0. The number of aryl methyl sites for hydroxylation is 1. The van der Waals surface area contributed by atoms with Crippen LogP contribution in [-0.4, -0.2) is 17.6 Å². The normalized spacial score (nSPS) is 11.2. The molecule has 122 valence electrons. The van der Waals surface area contributed by atoms with Gasteiger partial charge in [-0.25, -0.2) is 4.79 Å². The number of ether oxygens (including phenoxy) is 1. The lowest BCUT2D eigenvalue weighted by atomic mass is 10.1. The Balaban J connectivity index is 2.39. The lowest BCUT2D eigenvalue weighted by Gasteiger charge is -2.12. The maximum absolute atomic E-state index is 12.5. The molecule has 0 radical (unpaired) electrons. The van der Waals surface area contributed by atoms with Crippen molar-refractivity contribution in [3.05, 3.63) is 58.0 Å². The van der Waals surface area contributed by atoms with E-state index in [1.54, 1.807) is 0 Å². The summed E-state index contributed by atoms with van der Waals surface area (Å²) in [4.78, 5) is 23.8. The van der Waals surface area contributed by atoms with Crippen LogP contribution in [0.4, 0.5) is 24.5 Å². The van der Waals surface area contributed by atoms with E-state index in [2.05, 4.69) is 10.1 Å². The lowest BCUT2D eigenvalue weighted by Crippen LogP contribution is -2.26. The molecular weight excluding hydrogens is 313 g/mol. The standard InChI is InChI=1S/C15H13F3N2O3/c1-20-8-7-11(12(13(20)21)14(22)23-2)19-10-5-3-9(4-6-10)15(16,17)18/h3-8,19H,1-2H3. The molecule has 8 heteroatoms. The van der Waals surface area contributed by atoms with Crippen LogP contribution in [0.2, 0.25) is 0 Å². The number of carbonyl (C=O) groups is 1. The first kappa shape index (κ1) is 16.6. The summed E-state index contributed by atoms with van der Waals surface area (Å²) in [5.74, 6) is -0.833. The summed E-state index contributed by atoms with van der Waals surface area (Å²) in [6, 6.07) is 5.69. The van der Waals surface area contributed by atoms with Crippen LogP contribution in [0.15, 0.2) is 41.3 Å². The average Bonchev–Trinajstić information content (AvgIpc) is 2.50. The third-order valence-corrected chi connectivity index (χ3v) is 3.15. The molecule has 0 saturated carbocycles. The highest BCUT2D eigenvalue weighted by Gasteiger charge is 2.30. The van der Waals surface area contributed by atoms with Crippen molar-refractivity contribution in [2.45, 2.75) is 6.18 Å². The predicted molar refractivity (Wildman–Crippen MR) is 77.7 cm³/mol. The minimum atomic E-state index is -4.43. The fraction of sp³-hybridized carbons (Fsp3) is 0.200. The molecule has 0 atom stereocenters. The molecule has 23 heavy (non-hydrogen) atoms. The van der Waals surface area contributed by atoms with Gasteiger partial charge in [-0.1, -0.05) is 0 Å². The Hall–Kier alpha value is -2.77. The number of alkyl halides is 3. The van der Waals surface area contributed by atoms with E-state index in [1.165, 1.54) is 36.0 Å². The highest BCUT2D eigenvalue weighted by molar-refractivity contribution is 5.96. The van der Waals surface area contributed by atoms with Gasteiger partial charge in [0.2, 0.25) is 0 Å². The van der Waals surface area contributed by atoms with E-state index in [9.17, 15) is 22.8 Å². The summed E-state index contributed by atoms with van der Waals surface area (Å²) < 4.78 is 43.4. The van der Waals surface area contributed by atoms with Crippen LogP contribution >= 0.6 is 0 Å². The average molecular weight is 326 g/mol. The van der Waals surface area contributed by atoms with Crippen LogP contribution < -0.4 is 10.9 Å². The summed E-state index contributed by atoms with van der Waals surface area (Å²) in [5, 5.41) is 2.75. The van der Waals surface area contributed by atoms with Crippen LogP contribution in [-0.2, 0) is 18.0 Å². The Morgan fingerprint density at radius 3 is 2.30 bits per heavy atom. The molecule has 2 rings (SSSR count). The third kappa shape index (κ3) is 3.53. The molecular formula is C15H13F3N2O3. The molecule has 1 heterocycles. The Kier molecular flexibility index (Phi) is 4.44. The first-order chi connectivity index (χ1) is 10.7. The van der Waals surface area contributed by atoms with Crippen LogP contribution in [0, 0.1) is 0 Å². The van der Waals surface area contributed by atoms with Crippen LogP contribution in [0.25, 0.3) is 0 Å². The first-order valence-electron chi connectivity index (χ1n) is 6.46. The zero-order chi connectivity index (χ0) is 17.2. The van der Waals surface area contributed by atoms with E-state index in [0.717, 1.165) is 19.2 Å². The molecule has 0 fully saturated rings. The van der Waals surface area contributed by atoms with Gasteiger partial charge in [-0.15, -0.1) is 0 Å². The lowest BCUT2D eigenvalue weighted by molar-refractivity contribution is -0.137. The molecule has 2 aromatic rings. The Labute approximate surface area is 129 Å². The number of halogens is 3. The second-order valence-electron chi connectivity index (χ2n) is 4.71. The van der Waals surface area contributed by atoms with Gasteiger partial charge >= 0.3 is 12.1 Å². The fourth-order valence-corrected chi connectivity index (χ4v) is 1.93. The molecule has 0 aliphatic carbocycles. The minimum Gasteiger partial charge on any atom is -0.465 e. The van der Waals surface area contributed by atoms with Gasteiger partial charge in [0, 0.05) is 18.9 Å². The number of hydrogen-bond donors (Lipinski definition) is 1. The topological polar surface area (TPSA) is 60.3 Å². The molecule has 0 amide bonds. The molecule has 0 saturated heterocycles. The van der Waals surface area contributed by atoms with Crippen molar-refractivity contribution in [1.82, 2.24) is 4.57 Å². The largest absolute Gasteiger partial charge is 0.465 e. The Morgan fingerprint density at radius 2 is 1.78 bits per heavy atom. The molecule has 1 aromatic carbocycles. The minimum absolute atomic E-state index is 0.153. The summed E-state index contributed by atoms with van der Waals surface area (Å²) in [5.41, 5.74) is -1.14. The van der Waals surface area contributed by atoms with E-state index in [0.29, 0.717) is 5.69 Å². The fourth-order valence-electron chi connectivity index (χ4n) is 1.93. The third-order valence-electron chi connectivity index (χ3n) is 3.15. The van der Waals surface area contributed by atoms with Crippen molar-refractivity contribution < 1.29 is 22.7 Å². The molecule has 0 bridgehead atoms. The van der Waals surface area contributed by atoms with Crippen molar-refractivity contribution in [3.8, 4) is 0 Å². The number of pyridine rings is 1. The summed E-state index contributed by atoms with van der Waals surface area (Å²) in [6.07, 6.45) is -3.00. The number of benzene rings is 1. The van der Waals surface area contributed by atoms with Gasteiger partial charge in [0.1, 0.15) is 5.56 Å². The van der Waals surface area contributed by atoms with Crippen LogP contribution in [0.1, 0.15) is 15.9 Å². The van der Waals surface area contributed by atoms with E-state index in [4.69, 9.17) is 0 Å². The Morgan fingerprint density at radius 1 is 1.17 bits per heavy atom. The number of nitrogens with zero attached hydrogens (tertiary/aromatic N) is 1. The van der Waals surface area contributed by atoms with E-state index >= 15 is 0 Å². The summed E-state index contributed by atoms with van der Waals surface area (Å²) in [7, 11) is 2.60. The van der Waals surface area contributed by atoms with Gasteiger partial charge in [0.25, 0.3) is 5.56 Å². The molecule has 1 N–H and O–H groups in total.